The first-order chi connectivity index (χ1) is 14.0. The van der Waals surface area contributed by atoms with E-state index in [-0.39, 0.29) is 19.1 Å². The van der Waals surface area contributed by atoms with Crippen molar-refractivity contribution >= 4 is 23.2 Å². The molecule has 3 rings (SSSR count). The third kappa shape index (κ3) is 5.96. The van der Waals surface area contributed by atoms with Crippen molar-refractivity contribution in [3.8, 4) is 10.7 Å². The number of nitrogens with zero attached hydrogens (tertiary/aromatic N) is 2. The number of hydrogen-bond acceptors (Lipinski definition) is 6. The molecule has 7 heteroatoms. The average Bonchev–Trinajstić information content (AvgIpc) is 3.13. The molecule has 150 valence electrons. The number of amides is 1. The molecule has 0 aliphatic rings. The summed E-state index contributed by atoms with van der Waals surface area (Å²) in [6, 6.07) is 13.7. The lowest BCUT2D eigenvalue weighted by Gasteiger charge is -2.06. The molecule has 0 spiro atoms. The predicted molar refractivity (Wildman–Crippen MR) is 113 cm³/mol. The molecule has 1 amide bonds. The van der Waals surface area contributed by atoms with Crippen molar-refractivity contribution in [3.63, 3.8) is 0 Å². The van der Waals surface area contributed by atoms with Crippen LogP contribution in [0, 0.1) is 13.8 Å². The average molecular weight is 410 g/mol. The molecule has 3 aromatic rings. The van der Waals surface area contributed by atoms with Gasteiger partial charge in [-0.25, -0.2) is 9.78 Å². The molecular formula is C22H23N3O3S. The quantitative estimate of drug-likeness (QED) is 0.453. The lowest BCUT2D eigenvalue weighted by Crippen LogP contribution is -2.28. The van der Waals surface area contributed by atoms with E-state index in [4.69, 9.17) is 4.74 Å². The molecule has 0 saturated heterocycles. The van der Waals surface area contributed by atoms with Crippen molar-refractivity contribution in [1.82, 2.24) is 15.3 Å². The Kier molecular flexibility index (Phi) is 7.08. The van der Waals surface area contributed by atoms with Crippen molar-refractivity contribution in [2.24, 2.45) is 0 Å². The van der Waals surface area contributed by atoms with Gasteiger partial charge in [-0.1, -0.05) is 35.9 Å². The third-order valence-corrected chi connectivity index (χ3v) is 5.44. The van der Waals surface area contributed by atoms with E-state index in [9.17, 15) is 9.59 Å². The molecule has 0 aliphatic heterocycles. The van der Waals surface area contributed by atoms with Gasteiger partial charge in [0.1, 0.15) is 16.5 Å². The van der Waals surface area contributed by atoms with Crippen LogP contribution in [0.4, 0.5) is 0 Å². The van der Waals surface area contributed by atoms with Gasteiger partial charge in [-0.05, 0) is 38.0 Å². The highest BCUT2D eigenvalue weighted by atomic mass is 32.1. The zero-order chi connectivity index (χ0) is 20.6. The maximum absolute atomic E-state index is 12.3. The zero-order valence-electron chi connectivity index (χ0n) is 16.5. The number of benzene rings is 1. The zero-order valence-corrected chi connectivity index (χ0v) is 17.3. The van der Waals surface area contributed by atoms with E-state index in [1.807, 2.05) is 49.4 Å². The van der Waals surface area contributed by atoms with Gasteiger partial charge in [0.15, 0.2) is 0 Å². The van der Waals surface area contributed by atoms with E-state index in [2.05, 4.69) is 15.3 Å². The molecule has 2 aromatic heterocycles. The summed E-state index contributed by atoms with van der Waals surface area (Å²) >= 11 is 1.26. The number of esters is 1. The topological polar surface area (TPSA) is 81.2 Å². The lowest BCUT2D eigenvalue weighted by atomic mass is 10.1. The minimum atomic E-state index is -0.434. The van der Waals surface area contributed by atoms with Crippen LogP contribution in [-0.4, -0.2) is 35.0 Å². The van der Waals surface area contributed by atoms with Crippen LogP contribution < -0.4 is 5.32 Å². The molecule has 0 unspecified atom stereocenters. The molecule has 0 bridgehead atoms. The summed E-state index contributed by atoms with van der Waals surface area (Å²) in [6.07, 6.45) is 2.77. The van der Waals surface area contributed by atoms with Crippen LogP contribution >= 0.6 is 11.3 Å². The Morgan fingerprint density at radius 2 is 1.90 bits per heavy atom. The first-order valence-corrected chi connectivity index (χ1v) is 10.2. The molecule has 0 atom stereocenters. The normalized spacial score (nSPS) is 10.6. The van der Waals surface area contributed by atoms with Crippen LogP contribution in [0.25, 0.3) is 10.7 Å². The van der Waals surface area contributed by atoms with Gasteiger partial charge in [-0.3, -0.25) is 9.78 Å². The Morgan fingerprint density at radius 1 is 1.10 bits per heavy atom. The number of hydrogen-bond donors (Lipinski definition) is 1. The second kappa shape index (κ2) is 9.93. The fraction of sp³-hybridized carbons (Fsp3) is 0.273. The van der Waals surface area contributed by atoms with Crippen molar-refractivity contribution < 1.29 is 14.3 Å². The Morgan fingerprint density at radius 3 is 2.62 bits per heavy atom. The number of aryl methyl sites for hydroxylation is 3. The van der Waals surface area contributed by atoms with E-state index >= 15 is 0 Å². The summed E-state index contributed by atoms with van der Waals surface area (Å²) < 4.78 is 5.28. The van der Waals surface area contributed by atoms with Crippen LogP contribution in [0.3, 0.4) is 0 Å². The van der Waals surface area contributed by atoms with Gasteiger partial charge in [0.05, 0.1) is 17.9 Å². The van der Waals surface area contributed by atoms with E-state index in [0.717, 1.165) is 11.3 Å². The number of thiazole rings is 1. The maximum Gasteiger partial charge on any atom is 0.350 e. The second-order valence-corrected chi connectivity index (χ2v) is 7.62. The van der Waals surface area contributed by atoms with Gasteiger partial charge in [0.25, 0.3) is 0 Å². The Labute approximate surface area is 174 Å². The van der Waals surface area contributed by atoms with E-state index in [1.54, 1.807) is 13.1 Å². The molecule has 0 saturated carbocycles. The number of carbonyl (C=O) groups excluding carboxylic acids is 2. The van der Waals surface area contributed by atoms with Crippen LogP contribution in [0.5, 0.6) is 0 Å². The smallest absolute Gasteiger partial charge is 0.350 e. The van der Waals surface area contributed by atoms with Crippen LogP contribution in [0.15, 0.2) is 48.7 Å². The summed E-state index contributed by atoms with van der Waals surface area (Å²) in [4.78, 5) is 33.4. The van der Waals surface area contributed by atoms with E-state index in [0.29, 0.717) is 28.4 Å². The van der Waals surface area contributed by atoms with Crippen molar-refractivity contribution in [2.75, 3.05) is 13.2 Å². The van der Waals surface area contributed by atoms with Crippen LogP contribution in [0.1, 0.15) is 32.9 Å². The number of nitrogens with one attached hydrogen (secondary N) is 1. The van der Waals surface area contributed by atoms with E-state index < -0.39 is 5.97 Å². The number of aromatic nitrogens is 2. The first-order valence-electron chi connectivity index (χ1n) is 9.41. The van der Waals surface area contributed by atoms with Crippen molar-refractivity contribution in [2.45, 2.75) is 26.7 Å². The molecule has 2 heterocycles. The number of pyridine rings is 1. The standard InChI is InChI=1S/C22H23N3O3S/c1-15-6-8-17(9-7-15)10-11-19(26)24-13-14-28-22(27)20-16(2)25-21(29-20)18-5-3-4-12-23-18/h3-9,12H,10-11,13-14H2,1-2H3,(H,24,26). The fourth-order valence-electron chi connectivity index (χ4n) is 2.69. The van der Waals surface area contributed by atoms with Crippen LogP contribution in [-0.2, 0) is 16.0 Å². The summed E-state index contributed by atoms with van der Waals surface area (Å²) in [5.41, 5.74) is 3.66. The molecule has 29 heavy (non-hydrogen) atoms. The summed E-state index contributed by atoms with van der Waals surface area (Å²) in [5.74, 6) is -0.496. The van der Waals surface area contributed by atoms with Gasteiger partial charge in [0, 0.05) is 12.6 Å². The second-order valence-electron chi connectivity index (χ2n) is 6.62. The van der Waals surface area contributed by atoms with Gasteiger partial charge in [0.2, 0.25) is 5.91 Å². The Bertz CT molecular complexity index is 969. The van der Waals surface area contributed by atoms with Crippen molar-refractivity contribution in [3.05, 3.63) is 70.4 Å². The molecule has 0 aliphatic carbocycles. The Balaban J connectivity index is 1.41. The van der Waals surface area contributed by atoms with Gasteiger partial charge >= 0.3 is 5.97 Å². The van der Waals surface area contributed by atoms with Gasteiger partial charge < -0.3 is 10.1 Å². The molecule has 0 fully saturated rings. The van der Waals surface area contributed by atoms with Crippen molar-refractivity contribution in [1.29, 1.82) is 0 Å². The predicted octanol–water partition coefficient (Wildman–Crippen LogP) is 3.73. The van der Waals surface area contributed by atoms with Crippen LogP contribution in [0.2, 0.25) is 0 Å². The molecule has 6 nitrogen and oxygen atoms in total. The minimum absolute atomic E-state index is 0.0620. The van der Waals surface area contributed by atoms with Gasteiger partial charge in [-0.15, -0.1) is 11.3 Å². The highest BCUT2D eigenvalue weighted by Gasteiger charge is 2.18. The number of rotatable bonds is 8. The summed E-state index contributed by atoms with van der Waals surface area (Å²) in [6.45, 7) is 4.20. The largest absolute Gasteiger partial charge is 0.460 e. The minimum Gasteiger partial charge on any atom is -0.460 e. The highest BCUT2D eigenvalue weighted by Crippen LogP contribution is 2.26. The first kappa shape index (κ1) is 20.7. The Hall–Kier alpha value is -3.06. The summed E-state index contributed by atoms with van der Waals surface area (Å²) in [7, 11) is 0. The number of carbonyl (C=O) groups is 2. The SMILES string of the molecule is Cc1ccc(CCC(=O)NCCOC(=O)c2sc(-c3ccccn3)nc2C)cc1. The lowest BCUT2D eigenvalue weighted by molar-refractivity contribution is -0.121. The number of ether oxygens (including phenoxy) is 1. The maximum atomic E-state index is 12.3. The van der Waals surface area contributed by atoms with Gasteiger partial charge in [-0.2, -0.15) is 0 Å². The summed E-state index contributed by atoms with van der Waals surface area (Å²) in [5, 5.41) is 3.46. The molecule has 0 radical (unpaired) electrons. The van der Waals surface area contributed by atoms with E-state index in [1.165, 1.54) is 16.9 Å². The third-order valence-electron chi connectivity index (χ3n) is 4.28. The monoisotopic (exact) mass is 409 g/mol. The highest BCUT2D eigenvalue weighted by molar-refractivity contribution is 7.17. The molecular weight excluding hydrogens is 386 g/mol. The molecule has 1 aromatic carbocycles. The molecule has 1 N–H and O–H groups in total. The fourth-order valence-corrected chi connectivity index (χ4v) is 3.62.